The summed E-state index contributed by atoms with van der Waals surface area (Å²) in [6.45, 7) is 4.85. The van der Waals surface area contributed by atoms with Crippen LogP contribution in [-0.2, 0) is 9.47 Å². The van der Waals surface area contributed by atoms with Crippen molar-refractivity contribution >= 4 is 21.5 Å². The molecular weight excluding hydrogens is 316 g/mol. The van der Waals surface area contributed by atoms with Crippen LogP contribution in [0.3, 0.4) is 0 Å². The van der Waals surface area contributed by atoms with Gasteiger partial charge in [-0.3, -0.25) is 0 Å². The van der Waals surface area contributed by atoms with Crippen molar-refractivity contribution in [1.82, 2.24) is 0 Å². The van der Waals surface area contributed by atoms with Crippen LogP contribution in [-0.4, -0.2) is 38.6 Å². The zero-order valence-electron chi connectivity index (χ0n) is 14.2. The molecule has 0 radical (unpaired) electrons. The van der Waals surface area contributed by atoms with Crippen molar-refractivity contribution in [2.24, 2.45) is 0 Å². The Kier molecular flexibility index (Phi) is 3.54. The van der Waals surface area contributed by atoms with Gasteiger partial charge < -0.3 is 18.9 Å². The van der Waals surface area contributed by atoms with Gasteiger partial charge in [-0.05, 0) is 13.0 Å². The van der Waals surface area contributed by atoms with Crippen LogP contribution < -0.4 is 9.47 Å². The summed E-state index contributed by atoms with van der Waals surface area (Å²) in [5.41, 5.74) is 1.20. The minimum atomic E-state index is 0.224. The van der Waals surface area contributed by atoms with E-state index < -0.39 is 0 Å². The normalized spacial score (nSPS) is 21.5. The van der Waals surface area contributed by atoms with Crippen LogP contribution in [0.15, 0.2) is 42.5 Å². The minimum Gasteiger partial charge on any atom is -0.489 e. The highest BCUT2D eigenvalue weighted by atomic mass is 16.6. The van der Waals surface area contributed by atoms with E-state index in [1.54, 1.807) is 0 Å². The predicted molar refractivity (Wildman–Crippen MR) is 96.7 cm³/mol. The molecule has 0 bridgehead atoms. The van der Waals surface area contributed by atoms with Crippen molar-refractivity contribution < 1.29 is 18.9 Å². The fraction of sp³-hybridized carbons (Fsp3) is 0.333. The van der Waals surface area contributed by atoms with Crippen LogP contribution in [0.25, 0.3) is 21.5 Å². The molecule has 128 valence electrons. The lowest BCUT2D eigenvalue weighted by atomic mass is 9.99. The molecule has 0 saturated carbocycles. The van der Waals surface area contributed by atoms with Gasteiger partial charge in [0.25, 0.3) is 0 Å². The monoisotopic (exact) mass is 336 g/mol. The van der Waals surface area contributed by atoms with Gasteiger partial charge in [-0.25, -0.2) is 0 Å². The molecule has 0 amide bonds. The van der Waals surface area contributed by atoms with Crippen molar-refractivity contribution in [2.45, 2.75) is 19.1 Å². The summed E-state index contributed by atoms with van der Waals surface area (Å²) >= 11 is 0. The zero-order valence-corrected chi connectivity index (χ0v) is 14.2. The van der Waals surface area contributed by atoms with Crippen LogP contribution in [0.5, 0.6) is 11.5 Å². The van der Waals surface area contributed by atoms with Crippen molar-refractivity contribution in [3.8, 4) is 11.5 Å². The predicted octanol–water partition coefficient (Wildman–Crippen LogP) is 3.86. The molecule has 0 aromatic heterocycles. The first-order chi connectivity index (χ1) is 12.3. The second kappa shape index (κ2) is 5.90. The average Bonchev–Trinajstić information content (AvgIpc) is 3.53. The van der Waals surface area contributed by atoms with Crippen molar-refractivity contribution in [3.05, 3.63) is 48.0 Å². The Hall–Kier alpha value is -2.30. The smallest absolute Gasteiger partial charge is 0.135 e. The Bertz CT molecular complexity index is 941. The maximum Gasteiger partial charge on any atom is 0.135 e. The van der Waals surface area contributed by atoms with Gasteiger partial charge in [0.05, 0.1) is 13.2 Å². The Balaban J connectivity index is 1.71. The second-order valence-electron chi connectivity index (χ2n) is 6.79. The molecule has 25 heavy (non-hydrogen) atoms. The summed E-state index contributed by atoms with van der Waals surface area (Å²) in [5.74, 6) is 1.83. The Morgan fingerprint density at radius 2 is 1.32 bits per heavy atom. The summed E-state index contributed by atoms with van der Waals surface area (Å²) < 4.78 is 23.0. The Labute approximate surface area is 146 Å². The van der Waals surface area contributed by atoms with E-state index in [-0.39, 0.29) is 12.2 Å². The first-order valence-corrected chi connectivity index (χ1v) is 8.73. The molecule has 2 fully saturated rings. The molecule has 2 aliphatic rings. The van der Waals surface area contributed by atoms with E-state index in [4.69, 9.17) is 18.9 Å². The molecule has 5 rings (SSSR count). The first kappa shape index (κ1) is 15.0. The number of ether oxygens (including phenoxy) is 4. The fourth-order valence-electron chi connectivity index (χ4n) is 3.21. The minimum absolute atomic E-state index is 0.224. The highest BCUT2D eigenvalue weighted by Crippen LogP contribution is 2.43. The number of rotatable bonds is 6. The van der Waals surface area contributed by atoms with E-state index in [1.165, 1.54) is 5.56 Å². The largest absolute Gasteiger partial charge is 0.489 e. The highest BCUT2D eigenvalue weighted by Gasteiger charge is 2.26. The number of fused-ring (bicyclic) bond motifs is 2. The van der Waals surface area contributed by atoms with Gasteiger partial charge in [-0.2, -0.15) is 0 Å². The van der Waals surface area contributed by atoms with Crippen LogP contribution >= 0.6 is 0 Å². The van der Waals surface area contributed by atoms with Gasteiger partial charge in [0.1, 0.15) is 36.9 Å². The number of aryl methyl sites for hydroxylation is 1. The number of epoxide rings is 2. The summed E-state index contributed by atoms with van der Waals surface area (Å²) in [6.07, 6.45) is 0.448. The summed E-state index contributed by atoms with van der Waals surface area (Å²) in [7, 11) is 0. The number of hydrogen-bond acceptors (Lipinski definition) is 4. The van der Waals surface area contributed by atoms with E-state index in [1.807, 2.05) is 12.1 Å². The molecule has 0 aliphatic carbocycles. The van der Waals surface area contributed by atoms with Crippen LogP contribution in [0.2, 0.25) is 0 Å². The molecule has 2 atom stereocenters. The SMILES string of the molecule is Cc1ccc2c(OCC3CO3)c3ccccc3c(OCC3CO3)c2c1. The van der Waals surface area contributed by atoms with E-state index in [0.717, 1.165) is 46.3 Å². The van der Waals surface area contributed by atoms with Gasteiger partial charge in [0.15, 0.2) is 0 Å². The van der Waals surface area contributed by atoms with Crippen LogP contribution in [0.1, 0.15) is 5.56 Å². The second-order valence-corrected chi connectivity index (χ2v) is 6.79. The molecule has 3 aromatic carbocycles. The van der Waals surface area contributed by atoms with Crippen LogP contribution in [0, 0.1) is 6.92 Å². The quantitative estimate of drug-likeness (QED) is 0.506. The summed E-state index contributed by atoms with van der Waals surface area (Å²) in [6, 6.07) is 14.7. The Morgan fingerprint density at radius 1 is 0.800 bits per heavy atom. The summed E-state index contributed by atoms with van der Waals surface area (Å²) in [5, 5.41) is 4.32. The summed E-state index contributed by atoms with van der Waals surface area (Å²) in [4.78, 5) is 0. The molecule has 4 nitrogen and oxygen atoms in total. The molecule has 2 heterocycles. The molecule has 3 aromatic rings. The molecular formula is C21H20O4. The molecule has 4 heteroatoms. The lowest BCUT2D eigenvalue weighted by Crippen LogP contribution is -2.07. The Morgan fingerprint density at radius 3 is 1.88 bits per heavy atom. The molecule has 0 spiro atoms. The standard InChI is InChI=1S/C21H20O4/c1-13-6-7-18-19(8-13)21(25-12-15-10-23-15)17-5-3-2-4-16(17)20(18)24-11-14-9-22-14/h2-8,14-15H,9-12H2,1H3. The first-order valence-electron chi connectivity index (χ1n) is 8.73. The average molecular weight is 336 g/mol. The van der Waals surface area contributed by atoms with Gasteiger partial charge in [0.2, 0.25) is 0 Å². The number of benzene rings is 3. The van der Waals surface area contributed by atoms with Crippen molar-refractivity contribution in [1.29, 1.82) is 0 Å². The topological polar surface area (TPSA) is 43.5 Å². The third-order valence-electron chi connectivity index (χ3n) is 4.71. The van der Waals surface area contributed by atoms with Crippen LogP contribution in [0.4, 0.5) is 0 Å². The maximum absolute atomic E-state index is 6.20. The van der Waals surface area contributed by atoms with E-state index in [9.17, 15) is 0 Å². The lowest BCUT2D eigenvalue weighted by Gasteiger charge is -2.17. The lowest BCUT2D eigenvalue weighted by molar-refractivity contribution is 0.264. The molecule has 2 saturated heterocycles. The van der Waals surface area contributed by atoms with E-state index in [0.29, 0.717) is 13.2 Å². The van der Waals surface area contributed by atoms with E-state index in [2.05, 4.69) is 37.3 Å². The third-order valence-corrected chi connectivity index (χ3v) is 4.71. The van der Waals surface area contributed by atoms with Gasteiger partial charge >= 0.3 is 0 Å². The zero-order chi connectivity index (χ0) is 16.8. The van der Waals surface area contributed by atoms with E-state index >= 15 is 0 Å². The van der Waals surface area contributed by atoms with Gasteiger partial charge in [-0.15, -0.1) is 0 Å². The molecule has 2 aliphatic heterocycles. The third kappa shape index (κ3) is 2.92. The van der Waals surface area contributed by atoms with Gasteiger partial charge in [0, 0.05) is 21.5 Å². The molecule has 0 N–H and O–H groups in total. The number of hydrogen-bond donors (Lipinski definition) is 0. The van der Waals surface area contributed by atoms with Gasteiger partial charge in [-0.1, -0.05) is 42.0 Å². The molecule has 2 unspecified atom stereocenters. The fourth-order valence-corrected chi connectivity index (χ4v) is 3.21. The van der Waals surface area contributed by atoms with Crippen molar-refractivity contribution in [3.63, 3.8) is 0 Å². The highest BCUT2D eigenvalue weighted by molar-refractivity contribution is 6.11. The maximum atomic E-state index is 6.20. The van der Waals surface area contributed by atoms with Crippen molar-refractivity contribution in [2.75, 3.05) is 26.4 Å².